The SMILES string of the molecule is O=C(CCCC1CCCC1)NC(CCO)C1CC1. The fourth-order valence-corrected chi connectivity index (χ4v) is 3.19. The lowest BCUT2D eigenvalue weighted by Gasteiger charge is -2.17. The molecule has 2 aliphatic carbocycles. The zero-order valence-electron chi connectivity index (χ0n) is 11.4. The van der Waals surface area contributed by atoms with Crippen molar-refractivity contribution in [3.8, 4) is 0 Å². The normalized spacial score (nSPS) is 22.1. The highest BCUT2D eigenvalue weighted by Gasteiger charge is 2.31. The van der Waals surface area contributed by atoms with Crippen LogP contribution in [0.1, 0.15) is 64.2 Å². The fraction of sp³-hybridized carbons (Fsp3) is 0.933. The van der Waals surface area contributed by atoms with Gasteiger partial charge in [-0.25, -0.2) is 0 Å². The Morgan fingerprint density at radius 1 is 1.22 bits per heavy atom. The summed E-state index contributed by atoms with van der Waals surface area (Å²) in [7, 11) is 0. The molecule has 18 heavy (non-hydrogen) atoms. The molecule has 0 aromatic heterocycles. The van der Waals surface area contributed by atoms with Crippen LogP contribution in [-0.2, 0) is 4.79 Å². The Bertz CT molecular complexity index is 257. The van der Waals surface area contributed by atoms with E-state index < -0.39 is 0 Å². The third-order valence-corrected chi connectivity index (χ3v) is 4.47. The molecule has 104 valence electrons. The number of carbonyl (C=O) groups is 1. The van der Waals surface area contributed by atoms with Crippen LogP contribution in [0, 0.1) is 11.8 Å². The first-order valence-electron chi connectivity index (χ1n) is 7.70. The van der Waals surface area contributed by atoms with Gasteiger partial charge in [0.1, 0.15) is 0 Å². The van der Waals surface area contributed by atoms with Crippen LogP contribution >= 0.6 is 0 Å². The molecular weight excluding hydrogens is 226 g/mol. The highest BCUT2D eigenvalue weighted by molar-refractivity contribution is 5.76. The molecule has 0 saturated heterocycles. The van der Waals surface area contributed by atoms with Crippen LogP contribution in [0.15, 0.2) is 0 Å². The first kappa shape index (κ1) is 13.9. The molecule has 0 aliphatic heterocycles. The van der Waals surface area contributed by atoms with Gasteiger partial charge < -0.3 is 10.4 Å². The van der Waals surface area contributed by atoms with Gasteiger partial charge in [0.2, 0.25) is 5.91 Å². The van der Waals surface area contributed by atoms with Crippen molar-refractivity contribution < 1.29 is 9.90 Å². The van der Waals surface area contributed by atoms with Gasteiger partial charge in [-0.2, -0.15) is 0 Å². The number of hydrogen-bond donors (Lipinski definition) is 2. The van der Waals surface area contributed by atoms with Gasteiger partial charge in [-0.3, -0.25) is 4.79 Å². The Morgan fingerprint density at radius 3 is 2.56 bits per heavy atom. The second kappa shape index (κ2) is 7.13. The molecular formula is C15H27NO2. The van der Waals surface area contributed by atoms with E-state index in [4.69, 9.17) is 5.11 Å². The van der Waals surface area contributed by atoms with Crippen molar-refractivity contribution in [1.29, 1.82) is 0 Å². The van der Waals surface area contributed by atoms with Crippen LogP contribution in [0.3, 0.4) is 0 Å². The Hall–Kier alpha value is -0.570. The van der Waals surface area contributed by atoms with Crippen molar-refractivity contribution in [1.82, 2.24) is 5.32 Å². The predicted octanol–water partition coefficient (Wildman–Crippen LogP) is 2.62. The van der Waals surface area contributed by atoms with Crippen LogP contribution in [0.4, 0.5) is 0 Å². The summed E-state index contributed by atoms with van der Waals surface area (Å²) in [4.78, 5) is 11.8. The van der Waals surface area contributed by atoms with Crippen molar-refractivity contribution >= 4 is 5.91 Å². The van der Waals surface area contributed by atoms with Crippen molar-refractivity contribution in [2.75, 3.05) is 6.61 Å². The number of rotatable bonds is 8. The molecule has 2 rings (SSSR count). The van der Waals surface area contributed by atoms with Gasteiger partial charge in [-0.05, 0) is 43.9 Å². The fourth-order valence-electron chi connectivity index (χ4n) is 3.19. The third kappa shape index (κ3) is 4.60. The zero-order valence-corrected chi connectivity index (χ0v) is 11.4. The van der Waals surface area contributed by atoms with Crippen LogP contribution in [0.5, 0.6) is 0 Å². The number of carbonyl (C=O) groups excluding carboxylic acids is 1. The van der Waals surface area contributed by atoms with Crippen LogP contribution in [-0.4, -0.2) is 23.7 Å². The monoisotopic (exact) mass is 253 g/mol. The molecule has 0 aromatic carbocycles. The average molecular weight is 253 g/mol. The molecule has 0 radical (unpaired) electrons. The first-order valence-corrected chi connectivity index (χ1v) is 7.70. The van der Waals surface area contributed by atoms with Crippen LogP contribution in [0.2, 0.25) is 0 Å². The number of aliphatic hydroxyl groups excluding tert-OH is 1. The third-order valence-electron chi connectivity index (χ3n) is 4.47. The topological polar surface area (TPSA) is 49.3 Å². The van der Waals surface area contributed by atoms with Crippen molar-refractivity contribution in [2.45, 2.75) is 70.3 Å². The molecule has 0 heterocycles. The average Bonchev–Trinajstić information content (AvgIpc) is 3.07. The van der Waals surface area contributed by atoms with E-state index in [2.05, 4.69) is 5.32 Å². The number of amides is 1. The Labute approximate surface area is 110 Å². The van der Waals surface area contributed by atoms with Gasteiger partial charge in [0, 0.05) is 19.1 Å². The molecule has 0 aromatic rings. The molecule has 1 atom stereocenters. The Morgan fingerprint density at radius 2 is 1.94 bits per heavy atom. The van der Waals surface area contributed by atoms with Crippen molar-refractivity contribution in [3.63, 3.8) is 0 Å². The molecule has 1 unspecified atom stereocenters. The minimum Gasteiger partial charge on any atom is -0.396 e. The lowest BCUT2D eigenvalue weighted by atomic mass is 10.0. The summed E-state index contributed by atoms with van der Waals surface area (Å²) in [6.07, 6.45) is 11.6. The standard InChI is InChI=1S/C15H27NO2/c17-11-10-14(13-8-9-13)16-15(18)7-3-6-12-4-1-2-5-12/h12-14,17H,1-11H2,(H,16,18). The van der Waals surface area contributed by atoms with Crippen molar-refractivity contribution in [2.24, 2.45) is 11.8 Å². The van der Waals surface area contributed by atoms with E-state index in [1.54, 1.807) is 0 Å². The van der Waals surface area contributed by atoms with E-state index in [1.165, 1.54) is 44.9 Å². The highest BCUT2D eigenvalue weighted by atomic mass is 16.3. The first-order chi connectivity index (χ1) is 8.79. The summed E-state index contributed by atoms with van der Waals surface area (Å²) in [6, 6.07) is 0.231. The van der Waals surface area contributed by atoms with E-state index in [0.717, 1.165) is 18.8 Å². The molecule has 2 N–H and O–H groups in total. The maximum absolute atomic E-state index is 11.8. The van der Waals surface area contributed by atoms with Gasteiger partial charge in [0.15, 0.2) is 0 Å². The second-order valence-electron chi connectivity index (χ2n) is 6.07. The molecule has 1 amide bonds. The Kier molecular flexibility index (Phi) is 5.48. The van der Waals surface area contributed by atoms with Gasteiger partial charge in [-0.1, -0.05) is 25.7 Å². The molecule has 0 spiro atoms. The summed E-state index contributed by atoms with van der Waals surface area (Å²) in [5.74, 6) is 1.71. The predicted molar refractivity (Wildman–Crippen MR) is 72.2 cm³/mol. The maximum Gasteiger partial charge on any atom is 0.220 e. The van der Waals surface area contributed by atoms with E-state index in [1.807, 2.05) is 0 Å². The summed E-state index contributed by atoms with van der Waals surface area (Å²) < 4.78 is 0. The van der Waals surface area contributed by atoms with Gasteiger partial charge >= 0.3 is 0 Å². The number of hydrogen-bond acceptors (Lipinski definition) is 2. The minimum atomic E-state index is 0.184. The smallest absolute Gasteiger partial charge is 0.220 e. The molecule has 3 heteroatoms. The highest BCUT2D eigenvalue weighted by Crippen LogP contribution is 2.34. The summed E-state index contributed by atoms with van der Waals surface area (Å²) >= 11 is 0. The number of aliphatic hydroxyl groups is 1. The van der Waals surface area contributed by atoms with Crippen LogP contribution in [0.25, 0.3) is 0 Å². The number of nitrogens with one attached hydrogen (secondary N) is 1. The van der Waals surface area contributed by atoms with Gasteiger partial charge in [0.25, 0.3) is 0 Å². The quantitative estimate of drug-likeness (QED) is 0.698. The molecule has 0 bridgehead atoms. The van der Waals surface area contributed by atoms with E-state index >= 15 is 0 Å². The van der Waals surface area contributed by atoms with Gasteiger partial charge in [0.05, 0.1) is 0 Å². The van der Waals surface area contributed by atoms with E-state index in [-0.39, 0.29) is 18.6 Å². The molecule has 2 aliphatic rings. The summed E-state index contributed by atoms with van der Waals surface area (Å²) in [5, 5.41) is 12.1. The maximum atomic E-state index is 11.8. The lowest BCUT2D eigenvalue weighted by molar-refractivity contribution is -0.122. The Balaban J connectivity index is 1.58. The van der Waals surface area contributed by atoms with E-state index in [9.17, 15) is 4.79 Å². The lowest BCUT2D eigenvalue weighted by Crippen LogP contribution is -2.37. The summed E-state index contributed by atoms with van der Waals surface area (Å²) in [5.41, 5.74) is 0. The molecule has 3 nitrogen and oxygen atoms in total. The molecule has 2 saturated carbocycles. The van der Waals surface area contributed by atoms with Gasteiger partial charge in [-0.15, -0.1) is 0 Å². The largest absolute Gasteiger partial charge is 0.396 e. The summed E-state index contributed by atoms with van der Waals surface area (Å²) in [6.45, 7) is 0.184. The zero-order chi connectivity index (χ0) is 12.8. The minimum absolute atomic E-state index is 0.184. The second-order valence-corrected chi connectivity index (χ2v) is 6.07. The van der Waals surface area contributed by atoms with Crippen LogP contribution < -0.4 is 5.32 Å². The van der Waals surface area contributed by atoms with E-state index in [0.29, 0.717) is 12.3 Å². The molecule has 2 fully saturated rings. The van der Waals surface area contributed by atoms with Crippen molar-refractivity contribution in [3.05, 3.63) is 0 Å².